The zero-order chi connectivity index (χ0) is 9.90. The maximum Gasteiger partial charge on any atom is 0.303 e. The topological polar surface area (TPSA) is 57.5 Å². The smallest absolute Gasteiger partial charge is 0.303 e. The van der Waals surface area contributed by atoms with Crippen LogP contribution >= 0.6 is 11.8 Å². The van der Waals surface area contributed by atoms with Crippen molar-refractivity contribution in [2.45, 2.75) is 31.4 Å². The molecule has 0 radical (unpaired) electrons. The molecule has 4 heteroatoms. The van der Waals surface area contributed by atoms with Gasteiger partial charge >= 0.3 is 5.97 Å². The molecule has 0 bridgehead atoms. The molecule has 3 nitrogen and oxygen atoms in total. The van der Waals surface area contributed by atoms with Gasteiger partial charge in [-0.2, -0.15) is 11.8 Å². The highest BCUT2D eigenvalue weighted by molar-refractivity contribution is 7.99. The van der Waals surface area contributed by atoms with Crippen molar-refractivity contribution in [2.75, 3.05) is 12.4 Å². The number of rotatable bonds is 6. The van der Waals surface area contributed by atoms with Gasteiger partial charge in [0.25, 0.3) is 0 Å². The molecule has 0 aromatic rings. The van der Waals surface area contributed by atoms with Crippen LogP contribution in [0.1, 0.15) is 26.2 Å². The number of aliphatic hydroxyl groups excluding tert-OH is 1. The van der Waals surface area contributed by atoms with E-state index in [0.29, 0.717) is 0 Å². The molecule has 0 heterocycles. The number of carboxylic acid groups (broad SMARTS) is 1. The van der Waals surface area contributed by atoms with Crippen LogP contribution in [0.15, 0.2) is 0 Å². The molecule has 0 aromatic heterocycles. The average molecular weight is 204 g/mol. The molecule has 1 unspecified atom stereocenters. The Balaban J connectivity index is 2.23. The summed E-state index contributed by atoms with van der Waals surface area (Å²) < 4.78 is 0. The van der Waals surface area contributed by atoms with Gasteiger partial charge < -0.3 is 10.2 Å². The SMILES string of the molecule is CC(CO)SCC1(CC(=O)O)CC1. The summed E-state index contributed by atoms with van der Waals surface area (Å²) in [5.41, 5.74) is 0.0555. The first kappa shape index (κ1) is 10.9. The second kappa shape index (κ2) is 4.33. The van der Waals surface area contributed by atoms with E-state index in [9.17, 15) is 4.79 Å². The van der Waals surface area contributed by atoms with Crippen LogP contribution in [0.5, 0.6) is 0 Å². The van der Waals surface area contributed by atoms with Crippen LogP contribution in [-0.4, -0.2) is 33.8 Å². The maximum absolute atomic E-state index is 10.5. The van der Waals surface area contributed by atoms with Crippen molar-refractivity contribution in [3.63, 3.8) is 0 Å². The van der Waals surface area contributed by atoms with Crippen molar-refractivity contribution in [1.29, 1.82) is 0 Å². The fourth-order valence-electron chi connectivity index (χ4n) is 1.24. The first-order valence-corrected chi connectivity index (χ1v) is 5.57. The lowest BCUT2D eigenvalue weighted by molar-refractivity contribution is -0.138. The van der Waals surface area contributed by atoms with Gasteiger partial charge in [0.05, 0.1) is 13.0 Å². The monoisotopic (exact) mass is 204 g/mol. The molecule has 1 atom stereocenters. The van der Waals surface area contributed by atoms with Gasteiger partial charge in [0.15, 0.2) is 0 Å². The highest BCUT2D eigenvalue weighted by Crippen LogP contribution is 2.51. The number of carboxylic acids is 1. The van der Waals surface area contributed by atoms with E-state index in [1.54, 1.807) is 11.8 Å². The van der Waals surface area contributed by atoms with Gasteiger partial charge in [-0.05, 0) is 24.0 Å². The minimum atomic E-state index is -0.699. The number of aliphatic carboxylic acids is 1. The summed E-state index contributed by atoms with van der Waals surface area (Å²) in [4.78, 5) is 10.5. The lowest BCUT2D eigenvalue weighted by Crippen LogP contribution is -2.14. The number of carbonyl (C=O) groups is 1. The van der Waals surface area contributed by atoms with Gasteiger partial charge in [0.2, 0.25) is 0 Å². The fraction of sp³-hybridized carbons (Fsp3) is 0.889. The summed E-state index contributed by atoms with van der Waals surface area (Å²) >= 11 is 1.67. The van der Waals surface area contributed by atoms with E-state index < -0.39 is 5.97 Å². The zero-order valence-electron chi connectivity index (χ0n) is 7.82. The Morgan fingerprint density at radius 3 is 2.62 bits per heavy atom. The molecule has 1 fully saturated rings. The number of aliphatic hydroxyl groups is 1. The molecule has 76 valence electrons. The standard InChI is InChI=1S/C9H16O3S/c1-7(5-10)13-6-9(2-3-9)4-8(11)12/h7,10H,2-6H2,1H3,(H,11,12). The maximum atomic E-state index is 10.5. The van der Waals surface area contributed by atoms with Gasteiger partial charge in [-0.15, -0.1) is 0 Å². The number of thioether (sulfide) groups is 1. The molecule has 2 N–H and O–H groups in total. The van der Waals surface area contributed by atoms with E-state index in [1.165, 1.54) is 0 Å². The van der Waals surface area contributed by atoms with Crippen molar-refractivity contribution in [1.82, 2.24) is 0 Å². The summed E-state index contributed by atoms with van der Waals surface area (Å²) in [6.07, 6.45) is 2.35. The molecular weight excluding hydrogens is 188 g/mol. The highest BCUT2D eigenvalue weighted by Gasteiger charge is 2.44. The van der Waals surface area contributed by atoms with Crippen LogP contribution in [-0.2, 0) is 4.79 Å². The van der Waals surface area contributed by atoms with E-state index in [0.717, 1.165) is 18.6 Å². The Kier molecular flexibility index (Phi) is 3.62. The second-order valence-electron chi connectivity index (χ2n) is 3.87. The molecule has 0 aliphatic heterocycles. The molecule has 0 spiro atoms. The van der Waals surface area contributed by atoms with Crippen LogP contribution in [0.3, 0.4) is 0 Å². The van der Waals surface area contributed by atoms with E-state index in [2.05, 4.69) is 0 Å². The molecule has 0 saturated heterocycles. The van der Waals surface area contributed by atoms with Crippen molar-refractivity contribution in [3.8, 4) is 0 Å². The Labute approximate surface area is 82.5 Å². The lowest BCUT2D eigenvalue weighted by atomic mass is 10.1. The molecule has 13 heavy (non-hydrogen) atoms. The summed E-state index contributed by atoms with van der Waals surface area (Å²) in [6.45, 7) is 2.13. The minimum absolute atomic E-state index is 0.0555. The van der Waals surface area contributed by atoms with Gasteiger partial charge in [0, 0.05) is 5.25 Å². The van der Waals surface area contributed by atoms with E-state index in [4.69, 9.17) is 10.2 Å². The largest absolute Gasteiger partial charge is 0.481 e. The molecular formula is C9H16O3S. The van der Waals surface area contributed by atoms with Gasteiger partial charge in [-0.3, -0.25) is 4.79 Å². The molecule has 0 aromatic carbocycles. The quantitative estimate of drug-likeness (QED) is 0.686. The summed E-state index contributed by atoms with van der Waals surface area (Å²) in [5.74, 6) is 0.177. The predicted octanol–water partition coefficient (Wildman–Crippen LogP) is 1.36. The molecule has 1 aliphatic carbocycles. The average Bonchev–Trinajstić information content (AvgIpc) is 2.80. The Morgan fingerprint density at radius 1 is 1.62 bits per heavy atom. The first-order chi connectivity index (χ1) is 6.08. The number of hydrogen-bond acceptors (Lipinski definition) is 3. The van der Waals surface area contributed by atoms with Crippen LogP contribution in [0, 0.1) is 5.41 Å². The third-order valence-electron chi connectivity index (χ3n) is 2.41. The van der Waals surface area contributed by atoms with Gasteiger partial charge in [-0.1, -0.05) is 6.92 Å². The van der Waals surface area contributed by atoms with E-state index >= 15 is 0 Å². The third-order valence-corrected chi connectivity index (χ3v) is 3.91. The summed E-state index contributed by atoms with van der Waals surface area (Å²) in [7, 11) is 0. The third kappa shape index (κ3) is 3.56. The van der Waals surface area contributed by atoms with Crippen molar-refractivity contribution >= 4 is 17.7 Å². The van der Waals surface area contributed by atoms with Gasteiger partial charge in [0.1, 0.15) is 0 Å². The van der Waals surface area contributed by atoms with Crippen LogP contribution in [0.25, 0.3) is 0 Å². The Hall–Kier alpha value is -0.220. The van der Waals surface area contributed by atoms with Crippen molar-refractivity contribution in [3.05, 3.63) is 0 Å². The Bertz CT molecular complexity index is 189. The Morgan fingerprint density at radius 2 is 2.23 bits per heavy atom. The van der Waals surface area contributed by atoms with Gasteiger partial charge in [-0.25, -0.2) is 0 Å². The fourth-order valence-corrected chi connectivity index (χ4v) is 2.38. The first-order valence-electron chi connectivity index (χ1n) is 4.52. The minimum Gasteiger partial charge on any atom is -0.481 e. The molecule has 1 rings (SSSR count). The predicted molar refractivity (Wildman–Crippen MR) is 52.9 cm³/mol. The van der Waals surface area contributed by atoms with Crippen LogP contribution in [0.2, 0.25) is 0 Å². The highest BCUT2D eigenvalue weighted by atomic mass is 32.2. The normalized spacial score (nSPS) is 21.1. The zero-order valence-corrected chi connectivity index (χ0v) is 8.64. The van der Waals surface area contributed by atoms with Crippen molar-refractivity contribution in [2.24, 2.45) is 5.41 Å². The second-order valence-corrected chi connectivity index (χ2v) is 5.30. The van der Waals surface area contributed by atoms with Crippen LogP contribution in [0.4, 0.5) is 0 Å². The molecule has 1 aliphatic rings. The lowest BCUT2D eigenvalue weighted by Gasteiger charge is -2.14. The van der Waals surface area contributed by atoms with Crippen molar-refractivity contribution < 1.29 is 15.0 Å². The summed E-state index contributed by atoms with van der Waals surface area (Å²) in [5, 5.41) is 17.7. The molecule has 0 amide bonds. The molecule has 1 saturated carbocycles. The summed E-state index contributed by atoms with van der Waals surface area (Å²) in [6, 6.07) is 0. The number of hydrogen-bond donors (Lipinski definition) is 2. The van der Waals surface area contributed by atoms with Crippen LogP contribution < -0.4 is 0 Å². The van der Waals surface area contributed by atoms with E-state index in [-0.39, 0.29) is 23.7 Å². The van der Waals surface area contributed by atoms with E-state index in [1.807, 2.05) is 6.92 Å².